The summed E-state index contributed by atoms with van der Waals surface area (Å²) in [6.45, 7) is 5.31. The Kier molecular flexibility index (Phi) is 4.60. The number of carbonyl (C=O) groups excluding carboxylic acids is 1. The van der Waals surface area contributed by atoms with Crippen LogP contribution in [0.5, 0.6) is 0 Å². The first-order valence-electron chi connectivity index (χ1n) is 8.68. The fourth-order valence-electron chi connectivity index (χ4n) is 2.87. The zero-order valence-corrected chi connectivity index (χ0v) is 17.2. The van der Waals surface area contributed by atoms with E-state index >= 15 is 0 Å². The van der Waals surface area contributed by atoms with Crippen LogP contribution in [0.25, 0.3) is 20.8 Å². The lowest BCUT2D eigenvalue weighted by atomic mass is 10.0. The largest absolute Gasteiger partial charge is 0.324 e. The molecule has 4 aromatic rings. The third-order valence-corrected chi connectivity index (χ3v) is 6.26. The lowest BCUT2D eigenvalue weighted by Crippen LogP contribution is -2.47. The SMILES string of the molecule is Cc1nc2cc(NC(=O)C(C)(C)n3nc(-c4cccs4)ccc3=O)ccc2s1. The summed E-state index contributed by atoms with van der Waals surface area (Å²) in [7, 11) is 0. The predicted octanol–water partition coefficient (Wildman–Crippen LogP) is 4.26. The van der Waals surface area contributed by atoms with Crippen LogP contribution >= 0.6 is 22.7 Å². The molecule has 6 nitrogen and oxygen atoms in total. The first kappa shape index (κ1) is 18.5. The second-order valence-corrected chi connectivity index (χ2v) is 9.06. The minimum absolute atomic E-state index is 0.322. The first-order valence-corrected chi connectivity index (χ1v) is 10.4. The molecule has 28 heavy (non-hydrogen) atoms. The maximum absolute atomic E-state index is 13.0. The van der Waals surface area contributed by atoms with Crippen LogP contribution < -0.4 is 10.9 Å². The summed E-state index contributed by atoms with van der Waals surface area (Å²) < 4.78 is 2.31. The molecule has 1 N–H and O–H groups in total. The Morgan fingerprint density at radius 2 is 2.00 bits per heavy atom. The molecular formula is C20H18N4O2S2. The highest BCUT2D eigenvalue weighted by Gasteiger charge is 2.32. The van der Waals surface area contributed by atoms with Crippen LogP contribution in [0, 0.1) is 6.92 Å². The molecule has 3 heterocycles. The highest BCUT2D eigenvalue weighted by atomic mass is 32.1. The number of thiazole rings is 1. The minimum atomic E-state index is -1.17. The van der Waals surface area contributed by atoms with Crippen molar-refractivity contribution in [1.82, 2.24) is 14.8 Å². The fraction of sp³-hybridized carbons (Fsp3) is 0.200. The van der Waals surface area contributed by atoms with E-state index in [2.05, 4.69) is 15.4 Å². The van der Waals surface area contributed by atoms with Gasteiger partial charge >= 0.3 is 0 Å². The van der Waals surface area contributed by atoms with Gasteiger partial charge in [-0.05, 0) is 56.5 Å². The number of fused-ring (bicyclic) bond motifs is 1. The average molecular weight is 411 g/mol. The smallest absolute Gasteiger partial charge is 0.267 e. The van der Waals surface area contributed by atoms with E-state index < -0.39 is 5.54 Å². The van der Waals surface area contributed by atoms with Gasteiger partial charge in [-0.2, -0.15) is 5.10 Å². The van der Waals surface area contributed by atoms with E-state index in [1.807, 2.05) is 42.6 Å². The van der Waals surface area contributed by atoms with Crippen molar-refractivity contribution in [3.63, 3.8) is 0 Å². The normalized spacial score (nSPS) is 11.7. The van der Waals surface area contributed by atoms with Crippen molar-refractivity contribution in [3.05, 3.63) is 63.2 Å². The predicted molar refractivity (Wildman–Crippen MR) is 114 cm³/mol. The van der Waals surface area contributed by atoms with Crippen molar-refractivity contribution in [2.24, 2.45) is 0 Å². The second kappa shape index (κ2) is 6.96. The minimum Gasteiger partial charge on any atom is -0.324 e. The van der Waals surface area contributed by atoms with Gasteiger partial charge in [-0.3, -0.25) is 9.59 Å². The molecule has 0 fully saturated rings. The summed E-state index contributed by atoms with van der Waals surface area (Å²) in [6, 6.07) is 12.6. The number of carbonyl (C=O) groups is 1. The molecule has 142 valence electrons. The molecule has 0 aliphatic rings. The standard InChI is InChI=1S/C20H18N4O2S2/c1-12-21-15-11-13(6-8-17(15)28-12)22-19(26)20(2,3)24-18(25)9-7-14(23-24)16-5-4-10-27-16/h4-11H,1-3H3,(H,22,26). The first-order chi connectivity index (χ1) is 13.3. The Labute approximate surface area is 169 Å². The molecule has 1 aromatic carbocycles. The molecule has 0 bridgehead atoms. The molecule has 0 aliphatic heterocycles. The number of aromatic nitrogens is 3. The van der Waals surface area contributed by atoms with Crippen LogP contribution in [0.2, 0.25) is 0 Å². The van der Waals surface area contributed by atoms with Crippen molar-refractivity contribution in [3.8, 4) is 10.6 Å². The highest BCUT2D eigenvalue weighted by Crippen LogP contribution is 2.26. The van der Waals surface area contributed by atoms with E-state index in [1.54, 1.807) is 31.3 Å². The number of nitrogens with one attached hydrogen (secondary N) is 1. The van der Waals surface area contributed by atoms with Crippen LogP contribution in [-0.4, -0.2) is 20.7 Å². The lowest BCUT2D eigenvalue weighted by Gasteiger charge is -2.25. The summed E-state index contributed by atoms with van der Waals surface area (Å²) in [6.07, 6.45) is 0. The van der Waals surface area contributed by atoms with Gasteiger partial charge in [0.25, 0.3) is 11.5 Å². The van der Waals surface area contributed by atoms with Gasteiger partial charge in [0.05, 0.1) is 20.1 Å². The number of aryl methyl sites for hydroxylation is 1. The van der Waals surface area contributed by atoms with Crippen molar-refractivity contribution < 1.29 is 4.79 Å². The maximum Gasteiger partial charge on any atom is 0.267 e. The number of thiophene rings is 1. The Balaban J connectivity index is 1.65. The van der Waals surface area contributed by atoms with Gasteiger partial charge in [-0.15, -0.1) is 22.7 Å². The van der Waals surface area contributed by atoms with Crippen LogP contribution in [0.1, 0.15) is 18.9 Å². The Bertz CT molecular complexity index is 1220. The number of rotatable bonds is 4. The monoisotopic (exact) mass is 410 g/mol. The molecule has 0 saturated carbocycles. The summed E-state index contributed by atoms with van der Waals surface area (Å²) in [4.78, 5) is 30.8. The van der Waals surface area contributed by atoms with Crippen LogP contribution in [0.15, 0.2) is 52.6 Å². The van der Waals surface area contributed by atoms with Crippen molar-refractivity contribution in [1.29, 1.82) is 0 Å². The fourth-order valence-corrected chi connectivity index (χ4v) is 4.37. The molecule has 8 heteroatoms. The zero-order valence-electron chi connectivity index (χ0n) is 15.6. The summed E-state index contributed by atoms with van der Waals surface area (Å²) in [5.74, 6) is -0.322. The van der Waals surface area contributed by atoms with Gasteiger partial charge in [0.1, 0.15) is 11.2 Å². The average Bonchev–Trinajstić information content (AvgIpc) is 3.30. The van der Waals surface area contributed by atoms with E-state index in [9.17, 15) is 9.59 Å². The van der Waals surface area contributed by atoms with Crippen molar-refractivity contribution in [2.75, 3.05) is 5.32 Å². The summed E-state index contributed by atoms with van der Waals surface area (Å²) in [5.41, 5.74) is 0.643. The molecule has 0 aliphatic carbocycles. The molecule has 1 amide bonds. The van der Waals surface area contributed by atoms with Crippen molar-refractivity contribution >= 4 is 44.5 Å². The number of anilines is 1. The third-order valence-electron chi connectivity index (χ3n) is 4.41. The van der Waals surface area contributed by atoms with Crippen molar-refractivity contribution in [2.45, 2.75) is 26.3 Å². The number of amides is 1. The topological polar surface area (TPSA) is 76.9 Å². The Morgan fingerprint density at radius 1 is 1.18 bits per heavy atom. The van der Waals surface area contributed by atoms with Gasteiger partial charge in [0.15, 0.2) is 0 Å². The summed E-state index contributed by atoms with van der Waals surface area (Å²) in [5, 5.41) is 10.3. The van der Waals surface area contributed by atoms with Gasteiger partial charge in [0, 0.05) is 11.8 Å². The number of benzene rings is 1. The van der Waals surface area contributed by atoms with Gasteiger partial charge in [-0.25, -0.2) is 9.67 Å². The zero-order chi connectivity index (χ0) is 19.9. The number of hydrogen-bond donors (Lipinski definition) is 1. The molecular weight excluding hydrogens is 392 g/mol. The highest BCUT2D eigenvalue weighted by molar-refractivity contribution is 7.18. The molecule has 0 unspecified atom stereocenters. The van der Waals surface area contributed by atoms with Crippen LogP contribution in [-0.2, 0) is 10.3 Å². The summed E-state index contributed by atoms with van der Waals surface area (Å²) >= 11 is 3.14. The Morgan fingerprint density at radius 3 is 2.75 bits per heavy atom. The maximum atomic E-state index is 13.0. The van der Waals surface area contributed by atoms with Crippen LogP contribution in [0.3, 0.4) is 0 Å². The third kappa shape index (κ3) is 3.36. The number of nitrogens with zero attached hydrogens (tertiary/aromatic N) is 3. The van der Waals surface area contributed by atoms with E-state index in [0.29, 0.717) is 11.4 Å². The van der Waals surface area contributed by atoms with Gasteiger partial charge in [0.2, 0.25) is 0 Å². The van der Waals surface area contributed by atoms with E-state index in [-0.39, 0.29) is 11.5 Å². The molecule has 0 atom stereocenters. The molecule has 0 radical (unpaired) electrons. The van der Waals surface area contributed by atoms with Crippen LogP contribution in [0.4, 0.5) is 5.69 Å². The molecule has 0 saturated heterocycles. The van der Waals surface area contributed by atoms with Gasteiger partial charge < -0.3 is 5.32 Å². The molecule has 3 aromatic heterocycles. The number of hydrogen-bond acceptors (Lipinski definition) is 6. The molecule has 4 rings (SSSR count). The van der Waals surface area contributed by atoms with E-state index in [1.165, 1.54) is 22.1 Å². The molecule has 0 spiro atoms. The van der Waals surface area contributed by atoms with E-state index in [0.717, 1.165) is 20.1 Å². The van der Waals surface area contributed by atoms with Gasteiger partial charge in [-0.1, -0.05) is 6.07 Å². The quantitative estimate of drug-likeness (QED) is 0.545. The van der Waals surface area contributed by atoms with E-state index in [4.69, 9.17) is 0 Å². The lowest BCUT2D eigenvalue weighted by molar-refractivity contribution is -0.123. The Hall–Kier alpha value is -2.84. The second-order valence-electron chi connectivity index (χ2n) is 6.87.